The van der Waals surface area contributed by atoms with Crippen molar-refractivity contribution in [2.24, 2.45) is 0 Å². The van der Waals surface area contributed by atoms with E-state index in [4.69, 9.17) is 37.9 Å². The highest BCUT2D eigenvalue weighted by Crippen LogP contribution is 2.34. The van der Waals surface area contributed by atoms with Gasteiger partial charge in [0.1, 0.15) is 49.4 Å². The summed E-state index contributed by atoms with van der Waals surface area (Å²) < 4.78 is 118. The smallest absolute Gasteiger partial charge is 0.316 e. The van der Waals surface area contributed by atoms with Crippen LogP contribution in [-0.4, -0.2) is 135 Å². The summed E-state index contributed by atoms with van der Waals surface area (Å²) in [6.45, 7) is 15.6. The van der Waals surface area contributed by atoms with Gasteiger partial charge in [0.2, 0.25) is 5.78 Å². The van der Waals surface area contributed by atoms with Crippen molar-refractivity contribution in [3.8, 4) is 16.9 Å². The first-order valence-electron chi connectivity index (χ1n) is 23.7. The lowest BCUT2D eigenvalue weighted by Crippen LogP contribution is -2.45. The molecule has 0 N–H and O–H groups in total. The first-order valence-corrected chi connectivity index (χ1v) is 32.5. The summed E-state index contributed by atoms with van der Waals surface area (Å²) >= 11 is 0. The van der Waals surface area contributed by atoms with E-state index >= 15 is 8.78 Å². The van der Waals surface area contributed by atoms with Crippen LogP contribution in [0.3, 0.4) is 0 Å². The van der Waals surface area contributed by atoms with Gasteiger partial charge in [0.15, 0.2) is 11.6 Å². The molecule has 16 nitrogen and oxygen atoms in total. The van der Waals surface area contributed by atoms with Crippen molar-refractivity contribution < 1.29 is 64.1 Å². The first kappa shape index (κ1) is 55.4. The molecule has 0 bridgehead atoms. The summed E-state index contributed by atoms with van der Waals surface area (Å²) in [4.78, 5) is 31.5. The number of pyridine rings is 1. The van der Waals surface area contributed by atoms with E-state index in [1.165, 1.54) is 13.3 Å². The maximum Gasteiger partial charge on any atom is 0.316 e. The number of methoxy groups -OCH3 is 1. The minimum absolute atomic E-state index is 0.00238. The Bertz CT molecular complexity index is 2690. The fourth-order valence-corrected chi connectivity index (χ4v) is 10.7. The number of aryl methyl sites for hydroxylation is 1. The number of alkyl halides is 1. The van der Waals surface area contributed by atoms with Crippen LogP contribution in [0.5, 0.6) is 5.75 Å². The molecule has 2 aromatic carbocycles. The Morgan fingerprint density at radius 1 is 0.873 bits per heavy atom. The Morgan fingerprint density at radius 3 is 2.18 bits per heavy atom. The summed E-state index contributed by atoms with van der Waals surface area (Å²) in [5.41, 5.74) is 0.618. The third kappa shape index (κ3) is 15.1. The van der Waals surface area contributed by atoms with Crippen molar-refractivity contribution in [2.45, 2.75) is 90.0 Å². The van der Waals surface area contributed by atoms with E-state index in [0.717, 1.165) is 22.5 Å². The molecule has 2 atom stereocenters. The summed E-state index contributed by atoms with van der Waals surface area (Å²) in [5, 5.41) is 4.13. The fourth-order valence-electron chi connectivity index (χ4n) is 7.60. The van der Waals surface area contributed by atoms with Crippen LogP contribution in [0.4, 0.5) is 18.9 Å². The first-order chi connectivity index (χ1) is 33.7. The van der Waals surface area contributed by atoms with Gasteiger partial charge in [0.25, 0.3) is 0 Å². The van der Waals surface area contributed by atoms with E-state index in [0.29, 0.717) is 70.6 Å². The summed E-state index contributed by atoms with van der Waals surface area (Å²) in [5.74, 6) is -3.73. The minimum Gasteiger partial charge on any atom is -0.491 e. The van der Waals surface area contributed by atoms with Gasteiger partial charge in [-0.3, -0.25) is 9.59 Å². The average molecular weight is 1050 g/mol. The Balaban J connectivity index is 1.17. The molecule has 1 saturated heterocycles. The Kier molecular flexibility index (Phi) is 19.2. The fraction of sp³-hybridized carbons (Fsp3) is 0.510. The monoisotopic (exact) mass is 1050 g/mol. The predicted molar refractivity (Wildman–Crippen MR) is 268 cm³/mol. The quantitative estimate of drug-likeness (QED) is 0.0153. The molecule has 0 radical (unpaired) electrons. The number of ketones is 1. The van der Waals surface area contributed by atoms with Crippen LogP contribution in [0.1, 0.15) is 46.1 Å². The zero-order valence-corrected chi connectivity index (χ0v) is 44.6. The van der Waals surface area contributed by atoms with Crippen LogP contribution in [0.2, 0.25) is 51.4 Å². The lowest BCUT2D eigenvalue weighted by atomic mass is 9.99. The lowest BCUT2D eigenvalue weighted by molar-refractivity contribution is -0.143. The molecule has 0 amide bonds. The van der Waals surface area contributed by atoms with Gasteiger partial charge < -0.3 is 37.5 Å². The maximum absolute atomic E-state index is 17.0. The van der Waals surface area contributed by atoms with Gasteiger partial charge >= 0.3 is 16.2 Å². The van der Waals surface area contributed by atoms with E-state index in [1.54, 1.807) is 42.0 Å². The van der Waals surface area contributed by atoms with Gasteiger partial charge in [0, 0.05) is 78.5 Å². The minimum atomic E-state index is -4.59. The molecule has 0 spiro atoms. The Labute approximate surface area is 415 Å². The summed E-state index contributed by atoms with van der Waals surface area (Å²) in [6, 6.07) is 13.9. The van der Waals surface area contributed by atoms with Crippen molar-refractivity contribution in [1.82, 2.24) is 19.0 Å². The van der Waals surface area contributed by atoms with E-state index in [9.17, 15) is 22.4 Å². The van der Waals surface area contributed by atoms with Crippen molar-refractivity contribution in [3.05, 3.63) is 95.1 Å². The summed E-state index contributed by atoms with van der Waals surface area (Å²) in [7, 11) is -6.35. The molecule has 1 aliphatic rings. The molecule has 71 heavy (non-hydrogen) atoms. The third-order valence-electron chi connectivity index (χ3n) is 11.7. The number of halogens is 3. The molecule has 0 aliphatic carbocycles. The van der Waals surface area contributed by atoms with Gasteiger partial charge in [-0.2, -0.15) is 12.7 Å². The SMILES string of the molecule is COC(=O)C(CCOCCOCCOc1ccc(-c2cnc3c(c2)c(C(=O)c2c(F)ccc(N(COCC[Si](C)(C)C)S(=O)(=O)N4CC[C@@H](F)C4)c2F)cn3COCC[Si](C)(C)C)cc1)c1cc(C)no1. The highest BCUT2D eigenvalue weighted by molar-refractivity contribution is 7.90. The molecule has 0 saturated carbocycles. The van der Waals surface area contributed by atoms with Gasteiger partial charge in [-0.1, -0.05) is 56.6 Å². The number of benzene rings is 2. The van der Waals surface area contributed by atoms with Gasteiger partial charge in [-0.05, 0) is 67.7 Å². The number of rotatable bonds is 28. The molecule has 6 rings (SSSR count). The number of ether oxygens (including phenoxy) is 6. The number of esters is 1. The van der Waals surface area contributed by atoms with E-state index in [2.05, 4.69) is 44.4 Å². The second-order valence-corrected chi connectivity index (χ2v) is 32.9. The van der Waals surface area contributed by atoms with Crippen molar-refractivity contribution >= 4 is 54.8 Å². The van der Waals surface area contributed by atoms with Crippen molar-refractivity contribution in [1.29, 1.82) is 0 Å². The number of nitrogens with zero attached hydrogens (tertiary/aromatic N) is 5. The lowest BCUT2D eigenvalue weighted by Gasteiger charge is -2.29. The number of carbonyl (C=O) groups is 2. The zero-order valence-electron chi connectivity index (χ0n) is 41.8. The highest BCUT2D eigenvalue weighted by Gasteiger charge is 2.39. The van der Waals surface area contributed by atoms with E-state index < -0.39 is 86.4 Å². The third-order valence-corrected chi connectivity index (χ3v) is 17.0. The molecule has 22 heteroatoms. The molecule has 3 aromatic heterocycles. The molecular formula is C49H66F3N5O11SSi2. The van der Waals surface area contributed by atoms with Crippen LogP contribution in [0, 0.1) is 18.6 Å². The van der Waals surface area contributed by atoms with E-state index in [-0.39, 0.29) is 57.1 Å². The van der Waals surface area contributed by atoms with Crippen LogP contribution in [-0.2, 0) is 45.4 Å². The van der Waals surface area contributed by atoms with Gasteiger partial charge in [-0.25, -0.2) is 22.5 Å². The van der Waals surface area contributed by atoms with Crippen LogP contribution in [0.15, 0.2) is 65.4 Å². The highest BCUT2D eigenvalue weighted by atomic mass is 32.2. The predicted octanol–water partition coefficient (Wildman–Crippen LogP) is 8.99. The molecule has 1 unspecified atom stereocenters. The molecule has 5 aromatic rings. The number of hydrogen-bond acceptors (Lipinski definition) is 13. The number of carbonyl (C=O) groups excluding carboxylic acids is 2. The van der Waals surface area contributed by atoms with Crippen LogP contribution >= 0.6 is 0 Å². The van der Waals surface area contributed by atoms with Gasteiger partial charge in [-0.15, -0.1) is 0 Å². The number of hydrogen-bond donors (Lipinski definition) is 0. The maximum atomic E-state index is 17.0. The number of anilines is 1. The van der Waals surface area contributed by atoms with E-state index in [1.807, 2.05) is 12.1 Å². The molecule has 388 valence electrons. The van der Waals surface area contributed by atoms with Crippen LogP contribution < -0.4 is 9.04 Å². The van der Waals surface area contributed by atoms with Crippen molar-refractivity contribution in [3.63, 3.8) is 0 Å². The Hall–Kier alpha value is -4.95. The molecule has 1 aliphatic heterocycles. The zero-order chi connectivity index (χ0) is 51.5. The normalized spacial score (nSPS) is 15.1. The molecular weight excluding hydrogens is 980 g/mol. The number of fused-ring (bicyclic) bond motifs is 1. The molecule has 1 fully saturated rings. The molecule has 4 heterocycles. The topological polar surface area (TPSA) is 174 Å². The summed E-state index contributed by atoms with van der Waals surface area (Å²) in [6.07, 6.45) is 1.97. The van der Waals surface area contributed by atoms with Gasteiger partial charge in [0.05, 0.1) is 49.4 Å². The standard InChI is InChI=1S/C49H66F3N5O11SSi2/c1-34-27-44(68-54-34)39(49(59)62-2)16-18-63-19-20-64-21-22-67-38-11-9-35(10-12-38)36-28-40-41(31-55(48(40)53-29-36)32-65-23-25-70(3,4)5)47(58)45-42(51)13-14-43(46(45)52)57(33-66-24-26-71(6,7)8)69(60,61)56-17-15-37(50)30-56/h9-14,27-29,31,37,39H,15-26,30,32-33H2,1-8H3/t37-,39?/m1/s1. The number of aromatic nitrogens is 3. The largest absolute Gasteiger partial charge is 0.491 e. The second-order valence-electron chi connectivity index (χ2n) is 19.8. The van der Waals surface area contributed by atoms with Crippen molar-refractivity contribution in [2.75, 3.05) is 77.5 Å². The Morgan fingerprint density at radius 2 is 1.55 bits per heavy atom. The van der Waals surface area contributed by atoms with Crippen LogP contribution in [0.25, 0.3) is 22.2 Å². The average Bonchev–Trinajstić information content (AvgIpc) is 4.06. The second kappa shape index (κ2) is 24.7.